The third-order valence-corrected chi connectivity index (χ3v) is 2.05. The van der Waals surface area contributed by atoms with Gasteiger partial charge in [-0.25, -0.2) is 0 Å². The van der Waals surface area contributed by atoms with E-state index in [1.807, 2.05) is 6.92 Å². The van der Waals surface area contributed by atoms with Crippen LogP contribution in [0.4, 0.5) is 0 Å². The lowest BCUT2D eigenvalue weighted by atomic mass is 10.1. The Morgan fingerprint density at radius 1 is 1.25 bits per heavy atom. The van der Waals surface area contributed by atoms with Crippen LogP contribution in [-0.4, -0.2) is 23.1 Å². The van der Waals surface area contributed by atoms with E-state index in [9.17, 15) is 9.59 Å². The molecule has 3 heteroatoms. The van der Waals surface area contributed by atoms with Gasteiger partial charge in [0.25, 0.3) is 0 Å². The molecule has 0 bridgehead atoms. The molecule has 3 nitrogen and oxygen atoms in total. The molecule has 1 amide bonds. The van der Waals surface area contributed by atoms with E-state index in [2.05, 4.69) is 19.7 Å². The van der Waals surface area contributed by atoms with Gasteiger partial charge < -0.3 is 4.90 Å². The van der Waals surface area contributed by atoms with Gasteiger partial charge in [0.05, 0.1) is 0 Å². The highest BCUT2D eigenvalue weighted by Crippen LogP contribution is 2.09. The number of ketones is 1. The Bertz CT molecular complexity index is 364. The van der Waals surface area contributed by atoms with Crippen LogP contribution in [-0.2, 0) is 9.59 Å². The lowest BCUT2D eigenvalue weighted by Crippen LogP contribution is -2.26. The van der Waals surface area contributed by atoms with Crippen molar-refractivity contribution in [3.63, 3.8) is 0 Å². The number of nitrogens with zero attached hydrogens (tertiary/aromatic N) is 1. The maximum atomic E-state index is 11.4. The highest BCUT2D eigenvalue weighted by Gasteiger charge is 2.09. The smallest absolute Gasteiger partial charge is 0.223 e. The Labute approximate surface area is 96.4 Å². The molecule has 0 aliphatic heterocycles. The summed E-state index contributed by atoms with van der Waals surface area (Å²) in [6, 6.07) is 0. The Kier molecular flexibility index (Phi) is 5.78. The minimum atomic E-state index is -0.240. The van der Waals surface area contributed by atoms with Gasteiger partial charge in [0.15, 0.2) is 5.78 Å². The fourth-order valence-corrected chi connectivity index (χ4v) is 1.23. The number of carbonyl (C=O) groups excluding carboxylic acids is 2. The maximum absolute atomic E-state index is 11.4. The first-order valence-corrected chi connectivity index (χ1v) is 4.95. The lowest BCUT2D eigenvalue weighted by molar-refractivity contribution is -0.126. The van der Waals surface area contributed by atoms with E-state index < -0.39 is 0 Å². The molecule has 0 aliphatic carbocycles. The molecule has 0 heterocycles. The molecule has 0 saturated carbocycles. The molecule has 0 spiro atoms. The summed E-state index contributed by atoms with van der Waals surface area (Å²) in [5.74, 6) is -0.353. The van der Waals surface area contributed by atoms with Gasteiger partial charge in [-0.15, -0.1) is 0 Å². The van der Waals surface area contributed by atoms with E-state index in [4.69, 9.17) is 0 Å². The Morgan fingerprint density at radius 3 is 2.12 bits per heavy atom. The SMILES string of the molecule is C=CC(=O)/C(C=C)=C/C(=C)N(CC)C(C)=O. The third-order valence-electron chi connectivity index (χ3n) is 2.05. The van der Waals surface area contributed by atoms with Crippen molar-refractivity contribution in [2.45, 2.75) is 13.8 Å². The van der Waals surface area contributed by atoms with Crippen LogP contribution in [0.2, 0.25) is 0 Å². The topological polar surface area (TPSA) is 37.4 Å². The molecule has 0 aromatic carbocycles. The number of hydrogen-bond donors (Lipinski definition) is 0. The van der Waals surface area contributed by atoms with Crippen molar-refractivity contribution in [3.8, 4) is 0 Å². The van der Waals surface area contributed by atoms with E-state index in [0.717, 1.165) is 0 Å². The monoisotopic (exact) mass is 219 g/mol. The van der Waals surface area contributed by atoms with Crippen LogP contribution in [0.25, 0.3) is 0 Å². The Balaban J connectivity index is 5.05. The summed E-state index contributed by atoms with van der Waals surface area (Å²) in [6.45, 7) is 14.5. The van der Waals surface area contributed by atoms with Crippen molar-refractivity contribution in [2.24, 2.45) is 0 Å². The van der Waals surface area contributed by atoms with Crippen molar-refractivity contribution in [3.05, 3.63) is 49.2 Å². The molecule has 0 unspecified atom stereocenters. The van der Waals surface area contributed by atoms with E-state index in [0.29, 0.717) is 17.8 Å². The molecule has 0 N–H and O–H groups in total. The highest BCUT2D eigenvalue weighted by atomic mass is 16.2. The molecule has 0 radical (unpaired) electrons. The van der Waals surface area contributed by atoms with Gasteiger partial charge in [-0.3, -0.25) is 9.59 Å². The molecule has 0 aromatic rings. The van der Waals surface area contributed by atoms with Crippen LogP contribution in [0, 0.1) is 0 Å². The van der Waals surface area contributed by atoms with Crippen molar-refractivity contribution in [1.82, 2.24) is 4.90 Å². The largest absolute Gasteiger partial charge is 0.314 e. The molecule has 0 saturated heterocycles. The second-order valence-electron chi connectivity index (χ2n) is 3.13. The van der Waals surface area contributed by atoms with E-state index in [1.165, 1.54) is 30.1 Å². The summed E-state index contributed by atoms with van der Waals surface area (Å²) < 4.78 is 0. The van der Waals surface area contributed by atoms with E-state index >= 15 is 0 Å². The highest BCUT2D eigenvalue weighted by molar-refractivity contribution is 6.06. The summed E-state index contributed by atoms with van der Waals surface area (Å²) in [7, 11) is 0. The molecular weight excluding hydrogens is 202 g/mol. The summed E-state index contributed by atoms with van der Waals surface area (Å²) in [5.41, 5.74) is 0.847. The van der Waals surface area contributed by atoms with Gasteiger partial charge in [0, 0.05) is 24.7 Å². The second-order valence-corrected chi connectivity index (χ2v) is 3.13. The van der Waals surface area contributed by atoms with Crippen molar-refractivity contribution < 1.29 is 9.59 Å². The van der Waals surface area contributed by atoms with Crippen LogP contribution in [0.5, 0.6) is 0 Å². The molecule has 0 fully saturated rings. The van der Waals surface area contributed by atoms with Crippen molar-refractivity contribution in [2.75, 3.05) is 6.54 Å². The number of amides is 1. The molecule has 0 aliphatic rings. The quantitative estimate of drug-likeness (QED) is 0.507. The van der Waals surface area contributed by atoms with Crippen LogP contribution in [0.3, 0.4) is 0 Å². The number of hydrogen-bond acceptors (Lipinski definition) is 2. The molecule has 0 aromatic heterocycles. The summed E-state index contributed by atoms with van der Waals surface area (Å²) in [6.07, 6.45) is 4.15. The van der Waals surface area contributed by atoms with Crippen LogP contribution in [0.15, 0.2) is 49.2 Å². The van der Waals surface area contributed by atoms with Gasteiger partial charge in [-0.1, -0.05) is 25.8 Å². The number of carbonyl (C=O) groups is 2. The zero-order chi connectivity index (χ0) is 12.7. The number of likely N-dealkylation sites (N-methyl/N-ethyl adjacent to an activating group) is 1. The van der Waals surface area contributed by atoms with Crippen molar-refractivity contribution >= 4 is 11.7 Å². The Morgan fingerprint density at radius 2 is 1.81 bits per heavy atom. The van der Waals surface area contributed by atoms with Gasteiger partial charge in [-0.05, 0) is 19.1 Å². The predicted octanol–water partition coefficient (Wildman–Crippen LogP) is 2.24. The van der Waals surface area contributed by atoms with Gasteiger partial charge >= 0.3 is 0 Å². The minimum absolute atomic E-state index is 0.113. The second kappa shape index (κ2) is 6.56. The fourth-order valence-electron chi connectivity index (χ4n) is 1.23. The Hall–Kier alpha value is -1.90. The standard InChI is InChI=1S/C13H17NO2/c1-6-12(13(16)7-2)9-10(4)14(8-3)11(5)15/h6-7,9H,1-2,4,8H2,3,5H3/b12-9+. The molecule has 0 rings (SSSR count). The zero-order valence-corrected chi connectivity index (χ0v) is 9.82. The zero-order valence-electron chi connectivity index (χ0n) is 9.82. The fraction of sp³-hybridized carbons (Fsp3) is 0.231. The van der Waals surface area contributed by atoms with E-state index in [1.54, 1.807) is 0 Å². The molecule has 0 atom stereocenters. The molecular formula is C13H17NO2. The molecule has 86 valence electrons. The van der Waals surface area contributed by atoms with Crippen molar-refractivity contribution in [1.29, 1.82) is 0 Å². The number of allylic oxidation sites excluding steroid dienone is 4. The summed E-state index contributed by atoms with van der Waals surface area (Å²) in [5, 5.41) is 0. The summed E-state index contributed by atoms with van der Waals surface area (Å²) in [4.78, 5) is 24.1. The van der Waals surface area contributed by atoms with Crippen LogP contribution < -0.4 is 0 Å². The minimum Gasteiger partial charge on any atom is -0.314 e. The first-order valence-electron chi connectivity index (χ1n) is 4.95. The van der Waals surface area contributed by atoms with Crippen LogP contribution >= 0.6 is 0 Å². The first kappa shape index (κ1) is 14.1. The van der Waals surface area contributed by atoms with Gasteiger partial charge in [-0.2, -0.15) is 0 Å². The number of rotatable bonds is 6. The normalized spacial score (nSPS) is 10.5. The van der Waals surface area contributed by atoms with Gasteiger partial charge in [0.1, 0.15) is 0 Å². The van der Waals surface area contributed by atoms with Crippen LogP contribution in [0.1, 0.15) is 13.8 Å². The summed E-state index contributed by atoms with van der Waals surface area (Å²) >= 11 is 0. The third kappa shape index (κ3) is 3.69. The maximum Gasteiger partial charge on any atom is 0.223 e. The molecule has 16 heavy (non-hydrogen) atoms. The first-order chi connectivity index (χ1) is 7.47. The predicted molar refractivity (Wildman–Crippen MR) is 65.7 cm³/mol. The average molecular weight is 219 g/mol. The average Bonchev–Trinajstić information content (AvgIpc) is 2.25. The van der Waals surface area contributed by atoms with Gasteiger partial charge in [0.2, 0.25) is 5.91 Å². The lowest BCUT2D eigenvalue weighted by Gasteiger charge is -2.19. The van der Waals surface area contributed by atoms with E-state index in [-0.39, 0.29) is 11.7 Å².